The number of hydrogen-bond acceptors (Lipinski definition) is 2. The molecule has 1 N–H and O–H groups in total. The molecule has 0 bridgehead atoms. The van der Waals surface area contributed by atoms with Crippen molar-refractivity contribution in [3.8, 4) is 5.75 Å². The van der Waals surface area contributed by atoms with Crippen LogP contribution in [0.2, 0.25) is 0 Å². The van der Waals surface area contributed by atoms with Crippen LogP contribution >= 0.6 is 0 Å². The first-order valence-electron chi connectivity index (χ1n) is 5.62. The van der Waals surface area contributed by atoms with Gasteiger partial charge in [0.15, 0.2) is 0 Å². The molecule has 90 valence electrons. The summed E-state index contributed by atoms with van der Waals surface area (Å²) in [5, 5.41) is 8.94. The quantitative estimate of drug-likeness (QED) is 0.595. The summed E-state index contributed by atoms with van der Waals surface area (Å²) < 4.78 is 5.57. The second-order valence-corrected chi connectivity index (χ2v) is 3.79. The van der Waals surface area contributed by atoms with Crippen LogP contribution in [0.3, 0.4) is 0 Å². The molecular weight excluding hydrogens is 243 g/mol. The third-order valence-electron chi connectivity index (χ3n) is 2.52. The first-order chi connectivity index (χ1) is 7.66. The zero-order valence-electron chi connectivity index (χ0n) is 11.8. The largest absolute Gasteiger partial charge is 1.00 e. The maximum absolute atomic E-state index is 10.9. The smallest absolute Gasteiger partial charge is 1.00 e. The molecule has 17 heavy (non-hydrogen) atoms. The van der Waals surface area contributed by atoms with Crippen molar-refractivity contribution in [3.63, 3.8) is 0 Å². The van der Waals surface area contributed by atoms with Crippen LogP contribution in [0.1, 0.15) is 43.5 Å². The third-order valence-corrected chi connectivity index (χ3v) is 2.52. The fraction of sp³-hybridized carbons (Fsp3) is 0.462. The minimum absolute atomic E-state index is 0. The molecule has 0 aliphatic rings. The summed E-state index contributed by atoms with van der Waals surface area (Å²) in [5.41, 5.74) is 1.01. The van der Waals surface area contributed by atoms with Crippen LogP contribution in [-0.4, -0.2) is 17.7 Å². The van der Waals surface area contributed by atoms with Gasteiger partial charge in [0.25, 0.3) is 0 Å². The van der Waals surface area contributed by atoms with Crippen LogP contribution < -0.4 is 56.1 Å². The van der Waals surface area contributed by atoms with Gasteiger partial charge in [-0.2, -0.15) is 0 Å². The molecule has 0 aliphatic carbocycles. The van der Waals surface area contributed by atoms with Crippen molar-refractivity contribution in [1.82, 2.24) is 0 Å². The Morgan fingerprint density at radius 2 is 2.12 bits per heavy atom. The van der Waals surface area contributed by atoms with Crippen molar-refractivity contribution in [2.75, 3.05) is 6.61 Å². The summed E-state index contributed by atoms with van der Waals surface area (Å²) in [7, 11) is 0. The van der Waals surface area contributed by atoms with Gasteiger partial charge in [-0.1, -0.05) is 25.8 Å². The number of unbranched alkanes of at least 4 members (excludes halogenated alkanes) is 2. The Morgan fingerprint density at radius 1 is 1.41 bits per heavy atom. The summed E-state index contributed by atoms with van der Waals surface area (Å²) in [5.74, 6) is -0.229. The molecule has 0 amide bonds. The van der Waals surface area contributed by atoms with Gasteiger partial charge >= 0.3 is 57.4 Å². The predicted octanol–water partition coefficient (Wildman–Crippen LogP) is 0.379. The fourth-order valence-corrected chi connectivity index (χ4v) is 1.54. The van der Waals surface area contributed by atoms with E-state index in [1.54, 1.807) is 19.1 Å². The summed E-state index contributed by atoms with van der Waals surface area (Å²) in [6.45, 7) is 4.56. The first-order valence-corrected chi connectivity index (χ1v) is 5.62. The van der Waals surface area contributed by atoms with E-state index >= 15 is 0 Å². The van der Waals surface area contributed by atoms with Crippen LogP contribution in [0.5, 0.6) is 5.75 Å². The topological polar surface area (TPSA) is 46.5 Å². The summed E-state index contributed by atoms with van der Waals surface area (Å²) in [4.78, 5) is 10.9. The monoisotopic (exact) mass is 262 g/mol. The Hall–Kier alpha value is 0.126. The molecule has 0 unspecified atom stereocenters. The van der Waals surface area contributed by atoms with Crippen molar-refractivity contribution < 1.29 is 67.4 Å². The molecule has 0 atom stereocenters. The molecule has 0 spiro atoms. The zero-order chi connectivity index (χ0) is 12.0. The van der Waals surface area contributed by atoms with Crippen molar-refractivity contribution in [2.45, 2.75) is 33.1 Å². The second-order valence-electron chi connectivity index (χ2n) is 3.79. The molecule has 0 saturated heterocycles. The molecule has 0 heterocycles. The van der Waals surface area contributed by atoms with E-state index in [0.717, 1.165) is 19.3 Å². The summed E-state index contributed by atoms with van der Waals surface area (Å²) in [6.07, 6.45) is 3.29. The number of hydrogen-bond donors (Lipinski definition) is 1. The van der Waals surface area contributed by atoms with E-state index in [0.29, 0.717) is 23.5 Å². The minimum Gasteiger partial charge on any atom is -1.00 e. The predicted molar refractivity (Wildman–Crippen MR) is 64.3 cm³/mol. The van der Waals surface area contributed by atoms with E-state index in [-0.39, 0.29) is 52.8 Å². The van der Waals surface area contributed by atoms with E-state index in [2.05, 4.69) is 6.92 Å². The Morgan fingerprint density at radius 3 is 2.71 bits per heavy atom. The average Bonchev–Trinajstić information content (AvgIpc) is 2.26. The number of rotatable bonds is 6. The molecule has 1 aromatic rings. The summed E-state index contributed by atoms with van der Waals surface area (Å²) >= 11 is 0. The molecular formula is C13H19KO3. The van der Waals surface area contributed by atoms with Gasteiger partial charge in [0, 0.05) is 5.56 Å². The van der Waals surface area contributed by atoms with E-state index in [1.165, 1.54) is 0 Å². The molecule has 1 rings (SSSR count). The van der Waals surface area contributed by atoms with Crippen molar-refractivity contribution >= 4 is 5.97 Å². The van der Waals surface area contributed by atoms with Crippen LogP contribution in [0, 0.1) is 6.92 Å². The number of benzene rings is 1. The van der Waals surface area contributed by atoms with Gasteiger partial charge in [-0.05, 0) is 25.5 Å². The van der Waals surface area contributed by atoms with E-state index < -0.39 is 5.97 Å². The van der Waals surface area contributed by atoms with Crippen molar-refractivity contribution in [2.24, 2.45) is 0 Å². The number of carbonyl (C=O) groups is 1. The average molecular weight is 262 g/mol. The standard InChI is InChI=1S/C13H18O3.K.H/c1-3-4-5-9-16-12-8-6-7-11(10(12)2)13(14)15;;/h6-8H,3-5,9H2,1-2H3,(H,14,15);;/q;+1;-1. The number of aromatic carboxylic acids is 1. The van der Waals surface area contributed by atoms with Gasteiger partial charge < -0.3 is 11.3 Å². The summed E-state index contributed by atoms with van der Waals surface area (Å²) in [6, 6.07) is 5.12. The molecule has 3 nitrogen and oxygen atoms in total. The first kappa shape index (κ1) is 17.1. The minimum atomic E-state index is -0.906. The normalized spacial score (nSPS) is 9.53. The SMILES string of the molecule is CCCCCOc1cccc(C(=O)O)c1C.[H-].[K+]. The fourth-order valence-electron chi connectivity index (χ4n) is 1.54. The zero-order valence-corrected chi connectivity index (χ0v) is 13.9. The molecule has 0 saturated carbocycles. The number of carboxylic acid groups (broad SMARTS) is 1. The van der Waals surface area contributed by atoms with Crippen LogP contribution in [0.15, 0.2) is 18.2 Å². The van der Waals surface area contributed by atoms with Crippen molar-refractivity contribution in [3.05, 3.63) is 29.3 Å². The van der Waals surface area contributed by atoms with Gasteiger partial charge in [-0.25, -0.2) is 4.79 Å². The maximum atomic E-state index is 10.9. The molecule has 0 aliphatic heterocycles. The van der Waals surface area contributed by atoms with Gasteiger partial charge in [0.1, 0.15) is 5.75 Å². The molecule has 0 radical (unpaired) electrons. The van der Waals surface area contributed by atoms with E-state index in [1.807, 2.05) is 6.07 Å². The number of carboxylic acids is 1. The molecule has 0 aromatic heterocycles. The van der Waals surface area contributed by atoms with Crippen LogP contribution in [-0.2, 0) is 0 Å². The van der Waals surface area contributed by atoms with Crippen LogP contribution in [0.25, 0.3) is 0 Å². The molecule has 1 aromatic carbocycles. The second kappa shape index (κ2) is 9.11. The van der Waals surface area contributed by atoms with Gasteiger partial charge in [0.2, 0.25) is 0 Å². The Bertz CT molecular complexity index is 369. The maximum Gasteiger partial charge on any atom is 1.00 e. The number of ether oxygens (including phenoxy) is 1. The molecule has 0 fully saturated rings. The van der Waals surface area contributed by atoms with Gasteiger partial charge in [0.05, 0.1) is 12.2 Å². The van der Waals surface area contributed by atoms with Crippen molar-refractivity contribution in [1.29, 1.82) is 0 Å². The van der Waals surface area contributed by atoms with Gasteiger partial charge in [-0.15, -0.1) is 0 Å². The Kier molecular flexibility index (Phi) is 9.18. The Labute approximate surface area is 146 Å². The third kappa shape index (κ3) is 5.53. The Balaban J connectivity index is 0. The molecule has 4 heteroatoms. The van der Waals surface area contributed by atoms with Crippen LogP contribution in [0.4, 0.5) is 0 Å². The van der Waals surface area contributed by atoms with E-state index in [9.17, 15) is 4.79 Å². The van der Waals surface area contributed by atoms with E-state index in [4.69, 9.17) is 9.84 Å². The van der Waals surface area contributed by atoms with Gasteiger partial charge in [-0.3, -0.25) is 0 Å².